The molecule has 0 bridgehead atoms. The lowest BCUT2D eigenvalue weighted by Gasteiger charge is -2.19. The average molecular weight is 362 g/mol. The third-order valence-electron chi connectivity index (χ3n) is 4.01. The molecule has 0 heterocycles. The third-order valence-corrected chi connectivity index (χ3v) is 4.01. The largest absolute Gasteiger partial charge is 0.493 e. The molecule has 3 aromatic carbocycles. The van der Waals surface area contributed by atoms with Gasteiger partial charge in [0.05, 0.1) is 38.9 Å². The Hall–Kier alpha value is -3.47. The van der Waals surface area contributed by atoms with Crippen molar-refractivity contribution in [2.45, 2.75) is 0 Å². The van der Waals surface area contributed by atoms with Crippen molar-refractivity contribution in [3.63, 3.8) is 0 Å². The highest BCUT2D eigenvalue weighted by molar-refractivity contribution is 5.84. The van der Waals surface area contributed by atoms with Gasteiger partial charge in [-0.05, 0) is 36.4 Å². The van der Waals surface area contributed by atoms with Crippen LogP contribution in [-0.4, -0.2) is 27.5 Å². The zero-order valence-corrected chi connectivity index (χ0v) is 15.6. The van der Waals surface area contributed by atoms with Crippen molar-refractivity contribution in [1.29, 1.82) is 0 Å². The van der Waals surface area contributed by atoms with Crippen LogP contribution in [-0.2, 0) is 0 Å². The first kappa shape index (κ1) is 18.3. The number of nitrogens with zero attached hydrogens (tertiary/aromatic N) is 2. The Morgan fingerprint density at radius 3 is 1.59 bits per heavy atom. The second-order valence-corrected chi connectivity index (χ2v) is 5.69. The Bertz CT molecular complexity index is 831. The molecule has 0 radical (unpaired) electrons. The average Bonchev–Trinajstić information content (AvgIpc) is 2.74. The van der Waals surface area contributed by atoms with Gasteiger partial charge in [0.2, 0.25) is 5.75 Å². The van der Waals surface area contributed by atoms with Crippen LogP contribution in [0.5, 0.6) is 17.2 Å². The molecular weight excluding hydrogens is 340 g/mol. The molecule has 5 heteroatoms. The molecule has 0 aliphatic rings. The minimum absolute atomic E-state index is 0.556. The van der Waals surface area contributed by atoms with Gasteiger partial charge in [0.25, 0.3) is 0 Å². The Morgan fingerprint density at radius 1 is 0.704 bits per heavy atom. The molecule has 138 valence electrons. The molecule has 0 aromatic heterocycles. The SMILES string of the molecule is COc1cc(/C=N/N(c2ccccc2)c2ccccc2)cc(OC)c1OC. The van der Waals surface area contributed by atoms with E-state index in [9.17, 15) is 0 Å². The maximum absolute atomic E-state index is 5.42. The first-order chi connectivity index (χ1) is 13.3. The lowest BCUT2D eigenvalue weighted by molar-refractivity contribution is 0.324. The van der Waals surface area contributed by atoms with Gasteiger partial charge in [0, 0.05) is 5.56 Å². The molecule has 0 aliphatic carbocycles. The minimum atomic E-state index is 0.556. The van der Waals surface area contributed by atoms with E-state index in [1.807, 2.05) is 77.8 Å². The summed E-state index contributed by atoms with van der Waals surface area (Å²) in [5, 5.41) is 6.58. The van der Waals surface area contributed by atoms with Crippen LogP contribution in [0.4, 0.5) is 11.4 Å². The summed E-state index contributed by atoms with van der Waals surface area (Å²) in [7, 11) is 4.78. The second-order valence-electron chi connectivity index (χ2n) is 5.69. The molecule has 5 nitrogen and oxygen atoms in total. The fraction of sp³-hybridized carbons (Fsp3) is 0.136. The molecule has 0 spiro atoms. The zero-order valence-electron chi connectivity index (χ0n) is 15.6. The molecule has 0 fully saturated rings. The number of methoxy groups -OCH3 is 3. The third kappa shape index (κ3) is 4.20. The van der Waals surface area contributed by atoms with Crippen molar-refractivity contribution >= 4 is 17.6 Å². The Balaban J connectivity index is 2.00. The van der Waals surface area contributed by atoms with Crippen LogP contribution < -0.4 is 19.2 Å². The second kappa shape index (κ2) is 8.76. The molecule has 3 rings (SSSR count). The Labute approximate surface area is 159 Å². The van der Waals surface area contributed by atoms with E-state index >= 15 is 0 Å². The van der Waals surface area contributed by atoms with E-state index < -0.39 is 0 Å². The van der Waals surface area contributed by atoms with Gasteiger partial charge < -0.3 is 14.2 Å². The molecule has 3 aromatic rings. The number of hydrogen-bond donors (Lipinski definition) is 0. The van der Waals surface area contributed by atoms with Crippen molar-refractivity contribution < 1.29 is 14.2 Å². The van der Waals surface area contributed by atoms with Gasteiger partial charge in [-0.25, -0.2) is 5.01 Å². The zero-order chi connectivity index (χ0) is 19.1. The maximum atomic E-state index is 5.42. The van der Waals surface area contributed by atoms with Gasteiger partial charge in [-0.3, -0.25) is 0 Å². The smallest absolute Gasteiger partial charge is 0.203 e. The number of benzene rings is 3. The summed E-state index contributed by atoms with van der Waals surface area (Å²) >= 11 is 0. The van der Waals surface area contributed by atoms with Crippen LogP contribution in [0.15, 0.2) is 77.9 Å². The van der Waals surface area contributed by atoms with Crippen molar-refractivity contribution in [3.8, 4) is 17.2 Å². The van der Waals surface area contributed by atoms with Gasteiger partial charge in [0.15, 0.2) is 11.5 Å². The van der Waals surface area contributed by atoms with Gasteiger partial charge in [-0.15, -0.1) is 0 Å². The van der Waals surface area contributed by atoms with E-state index in [2.05, 4.69) is 0 Å². The van der Waals surface area contributed by atoms with Crippen LogP contribution >= 0.6 is 0 Å². The normalized spacial score (nSPS) is 10.6. The molecule has 27 heavy (non-hydrogen) atoms. The van der Waals surface area contributed by atoms with Gasteiger partial charge in [-0.1, -0.05) is 36.4 Å². The highest BCUT2D eigenvalue weighted by atomic mass is 16.5. The number of rotatable bonds is 7. The number of anilines is 2. The highest BCUT2D eigenvalue weighted by Crippen LogP contribution is 2.38. The van der Waals surface area contributed by atoms with E-state index in [0.29, 0.717) is 17.2 Å². The van der Waals surface area contributed by atoms with Crippen molar-refractivity contribution in [1.82, 2.24) is 0 Å². The molecule has 0 atom stereocenters. The quantitative estimate of drug-likeness (QED) is 0.444. The monoisotopic (exact) mass is 362 g/mol. The van der Waals surface area contributed by atoms with Gasteiger partial charge in [-0.2, -0.15) is 5.10 Å². The summed E-state index contributed by atoms with van der Waals surface area (Å²) in [5.74, 6) is 1.73. The van der Waals surface area contributed by atoms with E-state index in [1.165, 1.54) is 0 Å². The topological polar surface area (TPSA) is 43.3 Å². The Kier molecular flexibility index (Phi) is 5.94. The molecule has 0 saturated heterocycles. The van der Waals surface area contributed by atoms with Crippen LogP contribution in [0.3, 0.4) is 0 Å². The van der Waals surface area contributed by atoms with Gasteiger partial charge >= 0.3 is 0 Å². The van der Waals surface area contributed by atoms with Crippen molar-refractivity contribution in [3.05, 3.63) is 78.4 Å². The summed E-state index contributed by atoms with van der Waals surface area (Å²) in [6.45, 7) is 0. The number of hydrazone groups is 1. The van der Waals surface area contributed by atoms with Crippen LogP contribution in [0.2, 0.25) is 0 Å². The summed E-state index contributed by atoms with van der Waals surface area (Å²) < 4.78 is 16.2. The molecule has 0 amide bonds. The van der Waals surface area contributed by atoms with Crippen LogP contribution in [0.1, 0.15) is 5.56 Å². The minimum Gasteiger partial charge on any atom is -0.493 e. The van der Waals surface area contributed by atoms with Crippen LogP contribution in [0, 0.1) is 0 Å². The molecule has 0 saturated carbocycles. The molecular formula is C22H22N2O3. The standard InChI is InChI=1S/C22H22N2O3/c1-25-20-14-17(15-21(26-2)22(20)27-3)16-23-24(18-10-6-4-7-11-18)19-12-8-5-9-13-19/h4-16H,1-3H3/b23-16+. The number of ether oxygens (including phenoxy) is 3. The Morgan fingerprint density at radius 2 is 1.19 bits per heavy atom. The van der Waals surface area contributed by atoms with E-state index in [0.717, 1.165) is 16.9 Å². The van der Waals surface area contributed by atoms with E-state index in [1.54, 1.807) is 27.5 Å². The molecule has 0 unspecified atom stereocenters. The summed E-state index contributed by atoms with van der Waals surface area (Å²) in [5.41, 5.74) is 2.76. The molecule has 0 N–H and O–H groups in total. The van der Waals surface area contributed by atoms with Crippen LogP contribution in [0.25, 0.3) is 0 Å². The van der Waals surface area contributed by atoms with Crippen molar-refractivity contribution in [2.24, 2.45) is 5.10 Å². The first-order valence-corrected chi connectivity index (χ1v) is 8.51. The highest BCUT2D eigenvalue weighted by Gasteiger charge is 2.13. The summed E-state index contributed by atoms with van der Waals surface area (Å²) in [6, 6.07) is 23.7. The fourth-order valence-electron chi connectivity index (χ4n) is 2.72. The lowest BCUT2D eigenvalue weighted by Crippen LogP contribution is -2.09. The first-order valence-electron chi connectivity index (χ1n) is 8.51. The lowest BCUT2D eigenvalue weighted by atomic mass is 10.2. The number of para-hydroxylation sites is 2. The molecule has 0 aliphatic heterocycles. The fourth-order valence-corrected chi connectivity index (χ4v) is 2.72. The van der Waals surface area contributed by atoms with E-state index in [-0.39, 0.29) is 0 Å². The predicted molar refractivity (Wildman–Crippen MR) is 109 cm³/mol. The maximum Gasteiger partial charge on any atom is 0.203 e. The summed E-state index contributed by atoms with van der Waals surface area (Å²) in [4.78, 5) is 0. The number of hydrogen-bond acceptors (Lipinski definition) is 5. The van der Waals surface area contributed by atoms with Gasteiger partial charge in [0.1, 0.15) is 0 Å². The van der Waals surface area contributed by atoms with Crippen molar-refractivity contribution in [2.75, 3.05) is 26.3 Å². The van der Waals surface area contributed by atoms with E-state index in [4.69, 9.17) is 19.3 Å². The predicted octanol–water partition coefficient (Wildman–Crippen LogP) is 4.88. The summed E-state index contributed by atoms with van der Waals surface area (Å²) in [6.07, 6.45) is 1.77.